The van der Waals surface area contributed by atoms with Gasteiger partial charge in [0.05, 0.1) is 7.11 Å². The summed E-state index contributed by atoms with van der Waals surface area (Å²) in [5.74, 6) is 0.779. The van der Waals surface area contributed by atoms with Crippen LogP contribution in [0, 0.1) is 0 Å². The average molecular weight is 330 g/mol. The van der Waals surface area contributed by atoms with Gasteiger partial charge in [0.15, 0.2) is 0 Å². The highest BCUT2D eigenvalue weighted by Crippen LogP contribution is 2.26. The molecule has 0 N–H and O–H groups in total. The maximum absolute atomic E-state index is 12.2. The second-order valence-electron chi connectivity index (χ2n) is 6.01. The number of amides is 1. The Balaban J connectivity index is 1.63. The maximum atomic E-state index is 12.2. The van der Waals surface area contributed by atoms with Crippen LogP contribution in [0.15, 0.2) is 35.1 Å². The number of hydrogen-bond acceptors (Lipinski definition) is 5. The van der Waals surface area contributed by atoms with Crippen molar-refractivity contribution in [2.45, 2.75) is 38.3 Å². The Bertz CT molecular complexity index is 675. The van der Waals surface area contributed by atoms with E-state index in [0.29, 0.717) is 5.69 Å². The monoisotopic (exact) mass is 330 g/mol. The highest BCUT2D eigenvalue weighted by molar-refractivity contribution is 5.69. The number of nitrogens with zero attached hydrogens (tertiary/aromatic N) is 2. The summed E-state index contributed by atoms with van der Waals surface area (Å²) in [6.07, 6.45) is 5.69. The van der Waals surface area contributed by atoms with Crippen LogP contribution in [0.1, 0.15) is 31.4 Å². The Kier molecular flexibility index (Phi) is 5.03. The second-order valence-corrected chi connectivity index (χ2v) is 6.01. The fourth-order valence-corrected chi connectivity index (χ4v) is 3.04. The highest BCUT2D eigenvalue weighted by atomic mass is 16.6. The van der Waals surface area contributed by atoms with Crippen LogP contribution in [0.25, 0.3) is 11.1 Å². The molecular formula is C18H22N2O4. The Hall–Kier alpha value is -2.50. The third-order valence-electron chi connectivity index (χ3n) is 4.54. The third-order valence-corrected chi connectivity index (χ3v) is 4.54. The zero-order valence-electron chi connectivity index (χ0n) is 14.0. The Morgan fingerprint density at radius 1 is 1.29 bits per heavy atom. The summed E-state index contributed by atoms with van der Waals surface area (Å²) < 4.78 is 15.6. The number of ether oxygens (including phenoxy) is 2. The molecule has 1 heterocycles. The van der Waals surface area contributed by atoms with Crippen LogP contribution in [-0.4, -0.2) is 36.3 Å². The molecule has 1 fully saturated rings. The van der Waals surface area contributed by atoms with Crippen molar-refractivity contribution in [1.29, 1.82) is 0 Å². The average Bonchev–Trinajstić information content (AvgIpc) is 3.30. The van der Waals surface area contributed by atoms with Crippen LogP contribution in [0.3, 0.4) is 0 Å². The zero-order chi connectivity index (χ0) is 16.9. The number of carbonyl (C=O) groups excluding carboxylic acids is 1. The standard InChI is InChI=1S/C18H22N2O4/c1-20(14-5-3-4-6-14)18(21)23-12-17-16(11-24-19-17)13-7-9-15(22-2)10-8-13/h7-11,14H,3-6,12H2,1-2H3. The summed E-state index contributed by atoms with van der Waals surface area (Å²) in [6.45, 7) is 0.0910. The summed E-state index contributed by atoms with van der Waals surface area (Å²) in [7, 11) is 3.42. The van der Waals surface area contributed by atoms with Gasteiger partial charge in [-0.2, -0.15) is 0 Å². The van der Waals surface area contributed by atoms with Gasteiger partial charge >= 0.3 is 6.09 Å². The van der Waals surface area contributed by atoms with Crippen molar-refractivity contribution < 1.29 is 18.8 Å². The van der Waals surface area contributed by atoms with Gasteiger partial charge in [-0.25, -0.2) is 4.79 Å². The fraction of sp³-hybridized carbons (Fsp3) is 0.444. The molecule has 0 unspecified atom stereocenters. The van der Waals surface area contributed by atoms with Crippen LogP contribution in [-0.2, 0) is 11.3 Å². The number of benzene rings is 1. The second kappa shape index (κ2) is 7.38. The number of rotatable bonds is 5. The quantitative estimate of drug-likeness (QED) is 0.833. The molecule has 0 saturated heterocycles. The van der Waals surface area contributed by atoms with E-state index in [-0.39, 0.29) is 18.7 Å². The molecule has 1 saturated carbocycles. The minimum absolute atomic E-state index is 0.0910. The van der Waals surface area contributed by atoms with E-state index in [1.54, 1.807) is 25.3 Å². The van der Waals surface area contributed by atoms with Crippen LogP contribution < -0.4 is 4.74 Å². The molecule has 0 aliphatic heterocycles. The molecule has 6 nitrogen and oxygen atoms in total. The first-order valence-corrected chi connectivity index (χ1v) is 8.16. The van der Waals surface area contributed by atoms with Gasteiger partial charge in [0.1, 0.15) is 24.3 Å². The molecule has 0 spiro atoms. The Morgan fingerprint density at radius 3 is 2.67 bits per heavy atom. The van der Waals surface area contributed by atoms with Crippen molar-refractivity contribution in [2.24, 2.45) is 0 Å². The lowest BCUT2D eigenvalue weighted by Crippen LogP contribution is -2.35. The first-order valence-electron chi connectivity index (χ1n) is 8.16. The molecule has 1 amide bonds. The van der Waals surface area contributed by atoms with Crippen molar-refractivity contribution in [3.63, 3.8) is 0 Å². The molecule has 3 rings (SSSR count). The van der Waals surface area contributed by atoms with Crippen molar-refractivity contribution in [1.82, 2.24) is 10.1 Å². The van der Waals surface area contributed by atoms with Gasteiger partial charge in [0.2, 0.25) is 0 Å². The summed E-state index contributed by atoms with van der Waals surface area (Å²) >= 11 is 0. The van der Waals surface area contributed by atoms with Gasteiger partial charge in [-0.15, -0.1) is 0 Å². The van der Waals surface area contributed by atoms with E-state index in [1.165, 1.54) is 12.8 Å². The van der Waals surface area contributed by atoms with E-state index in [9.17, 15) is 4.79 Å². The molecule has 24 heavy (non-hydrogen) atoms. The largest absolute Gasteiger partial charge is 0.497 e. The minimum atomic E-state index is -0.314. The predicted molar refractivity (Wildman–Crippen MR) is 88.7 cm³/mol. The minimum Gasteiger partial charge on any atom is -0.497 e. The SMILES string of the molecule is COc1ccc(-c2conc2COC(=O)N(C)C2CCCC2)cc1. The first-order chi connectivity index (χ1) is 11.7. The molecule has 6 heteroatoms. The molecule has 1 aromatic carbocycles. The molecular weight excluding hydrogens is 308 g/mol. The predicted octanol–water partition coefficient (Wildman–Crippen LogP) is 3.86. The van der Waals surface area contributed by atoms with E-state index in [4.69, 9.17) is 14.0 Å². The lowest BCUT2D eigenvalue weighted by Gasteiger charge is -2.23. The highest BCUT2D eigenvalue weighted by Gasteiger charge is 2.24. The molecule has 1 aliphatic carbocycles. The third kappa shape index (κ3) is 3.53. The topological polar surface area (TPSA) is 64.8 Å². The molecule has 1 aromatic heterocycles. The number of hydrogen-bond donors (Lipinski definition) is 0. The van der Waals surface area contributed by atoms with Gasteiger partial charge in [0.25, 0.3) is 0 Å². The van der Waals surface area contributed by atoms with Gasteiger partial charge in [-0.3, -0.25) is 0 Å². The summed E-state index contributed by atoms with van der Waals surface area (Å²) in [5.41, 5.74) is 2.36. The molecule has 0 atom stereocenters. The van der Waals surface area contributed by atoms with Crippen LogP contribution in [0.2, 0.25) is 0 Å². The van der Waals surface area contributed by atoms with E-state index in [0.717, 1.165) is 29.7 Å². The molecule has 2 aromatic rings. The van der Waals surface area contributed by atoms with Crippen LogP contribution in [0.4, 0.5) is 4.79 Å². The van der Waals surface area contributed by atoms with Gasteiger partial charge < -0.3 is 18.9 Å². The van der Waals surface area contributed by atoms with Gasteiger partial charge in [0, 0.05) is 18.7 Å². The van der Waals surface area contributed by atoms with Gasteiger partial charge in [-0.05, 0) is 30.5 Å². The van der Waals surface area contributed by atoms with Crippen molar-refractivity contribution >= 4 is 6.09 Å². The normalized spacial score (nSPS) is 14.6. The van der Waals surface area contributed by atoms with E-state index in [1.807, 2.05) is 24.3 Å². The molecule has 0 radical (unpaired) electrons. The Labute approximate surface area is 141 Å². The van der Waals surface area contributed by atoms with E-state index < -0.39 is 0 Å². The zero-order valence-corrected chi connectivity index (χ0v) is 14.0. The first kappa shape index (κ1) is 16.4. The van der Waals surface area contributed by atoms with Crippen molar-refractivity contribution in [3.05, 3.63) is 36.2 Å². The fourth-order valence-electron chi connectivity index (χ4n) is 3.04. The maximum Gasteiger partial charge on any atom is 0.410 e. The molecule has 0 bridgehead atoms. The van der Waals surface area contributed by atoms with Crippen LogP contribution >= 0.6 is 0 Å². The van der Waals surface area contributed by atoms with Crippen molar-refractivity contribution in [3.8, 4) is 16.9 Å². The lowest BCUT2D eigenvalue weighted by atomic mass is 10.1. The van der Waals surface area contributed by atoms with E-state index in [2.05, 4.69) is 5.16 Å². The van der Waals surface area contributed by atoms with E-state index >= 15 is 0 Å². The lowest BCUT2D eigenvalue weighted by molar-refractivity contribution is 0.0900. The number of carbonyl (C=O) groups is 1. The van der Waals surface area contributed by atoms with Crippen LogP contribution in [0.5, 0.6) is 5.75 Å². The smallest absolute Gasteiger partial charge is 0.410 e. The summed E-state index contributed by atoms with van der Waals surface area (Å²) in [5, 5.41) is 3.96. The summed E-state index contributed by atoms with van der Waals surface area (Å²) in [4.78, 5) is 13.9. The van der Waals surface area contributed by atoms with Crippen molar-refractivity contribution in [2.75, 3.05) is 14.2 Å². The summed E-state index contributed by atoms with van der Waals surface area (Å²) in [6, 6.07) is 7.86. The molecule has 1 aliphatic rings. The Morgan fingerprint density at radius 2 is 2.00 bits per heavy atom. The van der Waals surface area contributed by atoms with Gasteiger partial charge in [-0.1, -0.05) is 30.1 Å². The number of methoxy groups -OCH3 is 1. The number of aromatic nitrogens is 1. The molecule has 128 valence electrons.